The number of fused-ring (bicyclic) bond motifs is 1. The van der Waals surface area contributed by atoms with Gasteiger partial charge in [-0.3, -0.25) is 14.7 Å². The number of rotatable bonds is 5. The van der Waals surface area contributed by atoms with Crippen molar-refractivity contribution in [2.45, 2.75) is 38.2 Å². The van der Waals surface area contributed by atoms with Gasteiger partial charge in [-0.15, -0.1) is 0 Å². The second-order valence-corrected chi connectivity index (χ2v) is 7.91. The number of aliphatic carboxylic acids is 1. The topological polar surface area (TPSA) is 105 Å². The average Bonchev–Trinajstić information content (AvgIpc) is 3.31. The van der Waals surface area contributed by atoms with E-state index in [-0.39, 0.29) is 23.8 Å². The summed E-state index contributed by atoms with van der Waals surface area (Å²) in [7, 11) is 0. The number of alkyl halides is 3. The lowest BCUT2D eigenvalue weighted by atomic mass is 9.79. The highest BCUT2D eigenvalue weighted by Gasteiger charge is 2.41. The number of carboxylic acid groups (broad SMARTS) is 1. The van der Waals surface area contributed by atoms with Gasteiger partial charge in [0.1, 0.15) is 5.76 Å². The van der Waals surface area contributed by atoms with Crippen LogP contribution in [0, 0.1) is 11.8 Å². The predicted octanol–water partition coefficient (Wildman–Crippen LogP) is 2.85. The van der Waals surface area contributed by atoms with E-state index in [1.165, 1.54) is 0 Å². The minimum Gasteiger partial charge on any atom is -0.475 e. The van der Waals surface area contributed by atoms with Gasteiger partial charge < -0.3 is 19.6 Å². The van der Waals surface area contributed by atoms with Crippen LogP contribution in [-0.4, -0.2) is 58.8 Å². The van der Waals surface area contributed by atoms with Gasteiger partial charge in [0.2, 0.25) is 5.91 Å². The summed E-state index contributed by atoms with van der Waals surface area (Å²) in [4.78, 5) is 28.5. The molecule has 2 aromatic rings. The Bertz CT molecular complexity index is 892. The molecule has 0 aromatic carbocycles. The largest absolute Gasteiger partial charge is 0.490 e. The van der Waals surface area contributed by atoms with Crippen LogP contribution < -0.4 is 5.32 Å². The van der Waals surface area contributed by atoms with Gasteiger partial charge in [-0.1, -0.05) is 6.07 Å². The first-order valence-electron chi connectivity index (χ1n) is 10.6. The van der Waals surface area contributed by atoms with Gasteiger partial charge in [-0.05, 0) is 37.1 Å². The molecule has 0 aliphatic carbocycles. The number of aromatic nitrogens is 1. The number of hydrogen-bond acceptors (Lipinski definition) is 6. The lowest BCUT2D eigenvalue weighted by Gasteiger charge is -2.44. The standard InChI is InChI=1S/C20H25N3O3.C2HF3O2/c24-20(22-12-16-5-3-10-25-16)17-7-11-26-19-6-9-23(14-18(17)19)13-15-4-1-2-8-21-15;3-2(4,5)1(6)7/h1-5,8,10,17-19H,6-7,9,11-14H2,(H,22,24);(H,6,7)/t17-,18-,19-;/m1./s1. The summed E-state index contributed by atoms with van der Waals surface area (Å²) in [6, 6.07) is 9.72. The quantitative estimate of drug-likeness (QED) is 0.694. The molecule has 2 aliphatic rings. The maximum Gasteiger partial charge on any atom is 0.490 e. The van der Waals surface area contributed by atoms with Crippen molar-refractivity contribution >= 4 is 11.9 Å². The molecule has 3 atom stereocenters. The number of carboxylic acids is 1. The average molecular weight is 469 g/mol. The van der Waals surface area contributed by atoms with Crippen molar-refractivity contribution in [3.05, 3.63) is 54.2 Å². The maximum absolute atomic E-state index is 12.8. The molecule has 0 saturated carbocycles. The molecule has 2 fully saturated rings. The summed E-state index contributed by atoms with van der Waals surface area (Å²) in [6.45, 7) is 3.79. The van der Waals surface area contributed by atoms with E-state index in [1.54, 1.807) is 6.26 Å². The zero-order chi connectivity index (χ0) is 23.8. The molecule has 8 nitrogen and oxygen atoms in total. The first-order chi connectivity index (χ1) is 15.7. The molecule has 33 heavy (non-hydrogen) atoms. The van der Waals surface area contributed by atoms with E-state index in [0.29, 0.717) is 13.2 Å². The Balaban J connectivity index is 0.000000383. The third kappa shape index (κ3) is 7.29. The smallest absolute Gasteiger partial charge is 0.475 e. The van der Waals surface area contributed by atoms with E-state index in [1.807, 2.05) is 30.5 Å². The first-order valence-corrected chi connectivity index (χ1v) is 10.6. The molecular weight excluding hydrogens is 443 g/mol. The number of furan rings is 1. The molecule has 0 unspecified atom stereocenters. The number of carbonyl (C=O) groups excluding carboxylic acids is 1. The zero-order valence-electron chi connectivity index (χ0n) is 17.8. The molecule has 1 amide bonds. The van der Waals surface area contributed by atoms with E-state index in [2.05, 4.69) is 21.3 Å². The molecule has 11 heteroatoms. The van der Waals surface area contributed by atoms with Crippen molar-refractivity contribution in [1.82, 2.24) is 15.2 Å². The molecule has 4 heterocycles. The van der Waals surface area contributed by atoms with Gasteiger partial charge in [0.25, 0.3) is 0 Å². The monoisotopic (exact) mass is 469 g/mol. The summed E-state index contributed by atoms with van der Waals surface area (Å²) in [5.41, 5.74) is 1.07. The minimum absolute atomic E-state index is 0.00440. The number of hydrogen-bond donors (Lipinski definition) is 2. The lowest BCUT2D eigenvalue weighted by Crippen LogP contribution is -2.53. The zero-order valence-corrected chi connectivity index (χ0v) is 17.8. The number of carbonyl (C=O) groups is 2. The van der Waals surface area contributed by atoms with Crippen LogP contribution >= 0.6 is 0 Å². The van der Waals surface area contributed by atoms with Gasteiger partial charge in [-0.25, -0.2) is 4.79 Å². The number of pyridine rings is 1. The second-order valence-electron chi connectivity index (χ2n) is 7.91. The van der Waals surface area contributed by atoms with Crippen LogP contribution in [0.2, 0.25) is 0 Å². The molecule has 4 rings (SSSR count). The first kappa shape index (κ1) is 24.7. The van der Waals surface area contributed by atoms with E-state index in [9.17, 15) is 18.0 Å². The molecule has 0 spiro atoms. The second kappa shape index (κ2) is 11.3. The Labute approximate surface area is 188 Å². The van der Waals surface area contributed by atoms with Crippen molar-refractivity contribution in [1.29, 1.82) is 0 Å². The van der Waals surface area contributed by atoms with E-state index in [0.717, 1.165) is 43.9 Å². The fraction of sp³-hybridized carbons (Fsp3) is 0.500. The molecule has 0 bridgehead atoms. The van der Waals surface area contributed by atoms with Gasteiger partial charge in [0.15, 0.2) is 0 Å². The minimum atomic E-state index is -5.08. The van der Waals surface area contributed by atoms with Crippen molar-refractivity contribution in [3.8, 4) is 0 Å². The van der Waals surface area contributed by atoms with Gasteiger partial charge in [-0.2, -0.15) is 13.2 Å². The van der Waals surface area contributed by atoms with Gasteiger partial charge in [0, 0.05) is 44.3 Å². The summed E-state index contributed by atoms with van der Waals surface area (Å²) in [5, 5.41) is 10.2. The molecule has 2 N–H and O–H groups in total. The summed E-state index contributed by atoms with van der Waals surface area (Å²) >= 11 is 0. The van der Waals surface area contributed by atoms with Crippen LogP contribution in [-0.2, 0) is 27.4 Å². The Morgan fingerprint density at radius 1 is 1.21 bits per heavy atom. The predicted molar refractivity (Wildman–Crippen MR) is 110 cm³/mol. The van der Waals surface area contributed by atoms with E-state index < -0.39 is 12.1 Å². The molecule has 2 aliphatic heterocycles. The summed E-state index contributed by atoms with van der Waals surface area (Å²) < 4.78 is 43.0. The molecule has 180 valence electrons. The number of ether oxygens (including phenoxy) is 1. The van der Waals surface area contributed by atoms with Crippen molar-refractivity contribution in [2.75, 3.05) is 19.7 Å². The number of nitrogens with one attached hydrogen (secondary N) is 1. The maximum atomic E-state index is 12.8. The fourth-order valence-corrected chi connectivity index (χ4v) is 4.09. The van der Waals surface area contributed by atoms with Crippen molar-refractivity contribution in [3.63, 3.8) is 0 Å². The highest BCUT2D eigenvalue weighted by molar-refractivity contribution is 5.79. The molecular formula is C22H26F3N3O5. The number of piperidine rings is 1. The van der Waals surface area contributed by atoms with Gasteiger partial charge in [0.05, 0.1) is 24.6 Å². The fourth-order valence-electron chi connectivity index (χ4n) is 4.09. The number of amides is 1. The Morgan fingerprint density at radius 3 is 2.64 bits per heavy atom. The normalized spacial score (nSPS) is 23.1. The highest BCUT2D eigenvalue weighted by atomic mass is 19.4. The van der Waals surface area contributed by atoms with E-state index >= 15 is 0 Å². The Morgan fingerprint density at radius 2 is 2.00 bits per heavy atom. The van der Waals surface area contributed by atoms with Crippen molar-refractivity contribution in [2.24, 2.45) is 11.8 Å². The number of halogens is 3. The van der Waals surface area contributed by atoms with Crippen LogP contribution in [0.1, 0.15) is 24.3 Å². The molecule has 0 radical (unpaired) electrons. The SMILES string of the molecule is O=C(NCc1ccco1)[C@@H]1CCO[C@@H]2CCN(Cc3ccccn3)C[C@@H]21.O=C(O)C(F)(F)F. The van der Waals surface area contributed by atoms with Gasteiger partial charge >= 0.3 is 12.1 Å². The van der Waals surface area contributed by atoms with Crippen LogP contribution in [0.3, 0.4) is 0 Å². The summed E-state index contributed by atoms with van der Waals surface area (Å²) in [6.07, 6.45) is 0.310. The van der Waals surface area contributed by atoms with Crippen LogP contribution in [0.4, 0.5) is 13.2 Å². The lowest BCUT2D eigenvalue weighted by molar-refractivity contribution is -0.192. The Kier molecular flexibility index (Phi) is 8.45. The van der Waals surface area contributed by atoms with Crippen LogP contribution in [0.5, 0.6) is 0 Å². The number of nitrogens with zero attached hydrogens (tertiary/aromatic N) is 2. The van der Waals surface area contributed by atoms with Crippen LogP contribution in [0.15, 0.2) is 47.2 Å². The summed E-state index contributed by atoms with van der Waals surface area (Å²) in [5.74, 6) is -1.64. The number of likely N-dealkylation sites (tertiary alicyclic amines) is 1. The highest BCUT2D eigenvalue weighted by Crippen LogP contribution is 2.33. The molecule has 2 aromatic heterocycles. The van der Waals surface area contributed by atoms with Crippen LogP contribution in [0.25, 0.3) is 0 Å². The third-order valence-corrected chi connectivity index (χ3v) is 5.66. The third-order valence-electron chi connectivity index (χ3n) is 5.66. The van der Waals surface area contributed by atoms with E-state index in [4.69, 9.17) is 19.1 Å². The molecule has 2 saturated heterocycles. The van der Waals surface area contributed by atoms with Crippen molar-refractivity contribution < 1.29 is 37.0 Å². The Hall–Kier alpha value is -2.92.